The highest BCUT2D eigenvalue weighted by atomic mass is 19.4. The topological polar surface area (TPSA) is 74.8 Å². The number of hydrogen-bond acceptors (Lipinski definition) is 3. The number of rotatable bonds is 4. The van der Waals surface area contributed by atoms with Gasteiger partial charge < -0.3 is 10.3 Å². The molecule has 0 aliphatic heterocycles. The molecule has 156 valence electrons. The number of nitrogens with zero attached hydrogens (tertiary/aromatic N) is 1. The predicted octanol–water partition coefficient (Wildman–Crippen LogP) is 4.22. The molecule has 0 aliphatic carbocycles. The first-order valence-corrected chi connectivity index (χ1v) is 8.60. The second-order valence-electron chi connectivity index (χ2n) is 6.37. The van der Waals surface area contributed by atoms with Gasteiger partial charge in [0.15, 0.2) is 11.6 Å². The maximum Gasteiger partial charge on any atom is 0.419 e. The van der Waals surface area contributed by atoms with E-state index in [1.54, 1.807) is 30.3 Å². The van der Waals surface area contributed by atoms with Crippen LogP contribution in [0.2, 0.25) is 0 Å². The Morgan fingerprint density at radius 3 is 2.37 bits per heavy atom. The lowest BCUT2D eigenvalue weighted by atomic mass is 10.0. The van der Waals surface area contributed by atoms with Crippen molar-refractivity contribution in [1.82, 2.24) is 15.3 Å². The average Bonchev–Trinajstić information content (AvgIpc) is 2.69. The van der Waals surface area contributed by atoms with Gasteiger partial charge in [0.2, 0.25) is 0 Å². The van der Waals surface area contributed by atoms with Crippen LogP contribution in [0.1, 0.15) is 34.6 Å². The molecule has 0 saturated heterocycles. The van der Waals surface area contributed by atoms with Crippen LogP contribution in [-0.2, 0) is 6.18 Å². The number of H-pyrrole nitrogens is 1. The van der Waals surface area contributed by atoms with Crippen molar-refractivity contribution < 1.29 is 26.7 Å². The molecule has 5 nitrogen and oxygen atoms in total. The summed E-state index contributed by atoms with van der Waals surface area (Å²) in [5, 5.41) is 2.30. The molecule has 0 saturated carbocycles. The van der Waals surface area contributed by atoms with E-state index < -0.39 is 46.4 Å². The number of benzene rings is 2. The van der Waals surface area contributed by atoms with Gasteiger partial charge in [-0.15, -0.1) is 0 Å². The SMILES string of the molecule is C[C@@H](NC(=O)c1cc(=O)[nH]c(-c2ccccc2)n1)c1ccc(C(F)(F)F)c(F)c1F. The zero-order chi connectivity index (χ0) is 22.1. The number of carbonyl (C=O) groups is 1. The largest absolute Gasteiger partial charge is 0.419 e. The third kappa shape index (κ3) is 4.37. The van der Waals surface area contributed by atoms with Crippen LogP contribution in [-0.4, -0.2) is 15.9 Å². The standard InChI is InChI=1S/C20H14F5N3O2/c1-10(12-7-8-13(20(23,24)25)17(22)16(12)21)26-19(30)14-9-15(29)28-18(27-14)11-5-3-2-4-6-11/h2-10H,1H3,(H,26,30)(H,27,28,29)/t10-/m1/s1. The molecule has 0 radical (unpaired) electrons. The molecule has 3 aromatic rings. The molecule has 2 N–H and O–H groups in total. The third-order valence-electron chi connectivity index (χ3n) is 4.25. The Morgan fingerprint density at radius 1 is 1.07 bits per heavy atom. The van der Waals surface area contributed by atoms with Crippen LogP contribution in [0, 0.1) is 11.6 Å². The molecule has 3 rings (SSSR count). The Kier molecular flexibility index (Phi) is 5.68. The lowest BCUT2D eigenvalue weighted by molar-refractivity contribution is -0.140. The van der Waals surface area contributed by atoms with E-state index in [0.29, 0.717) is 11.6 Å². The second-order valence-corrected chi connectivity index (χ2v) is 6.37. The molecule has 30 heavy (non-hydrogen) atoms. The smallest absolute Gasteiger partial charge is 0.344 e. The van der Waals surface area contributed by atoms with Crippen LogP contribution >= 0.6 is 0 Å². The van der Waals surface area contributed by atoms with Gasteiger partial charge in [-0.1, -0.05) is 36.4 Å². The quantitative estimate of drug-likeness (QED) is 0.617. The Bertz CT molecular complexity index is 1140. The Balaban J connectivity index is 1.87. The van der Waals surface area contributed by atoms with Crippen molar-refractivity contribution in [1.29, 1.82) is 0 Å². The predicted molar refractivity (Wildman–Crippen MR) is 97.5 cm³/mol. The number of aromatic amines is 1. The van der Waals surface area contributed by atoms with E-state index in [4.69, 9.17) is 0 Å². The van der Waals surface area contributed by atoms with Crippen molar-refractivity contribution in [3.05, 3.63) is 87.3 Å². The molecule has 1 atom stereocenters. The molecule has 0 unspecified atom stereocenters. The summed E-state index contributed by atoms with van der Waals surface area (Å²) in [4.78, 5) is 30.9. The van der Waals surface area contributed by atoms with Gasteiger partial charge in [-0.3, -0.25) is 9.59 Å². The van der Waals surface area contributed by atoms with Gasteiger partial charge in [-0.2, -0.15) is 13.2 Å². The van der Waals surface area contributed by atoms with Crippen LogP contribution in [0.5, 0.6) is 0 Å². The van der Waals surface area contributed by atoms with Crippen molar-refractivity contribution in [3.63, 3.8) is 0 Å². The minimum absolute atomic E-state index is 0.118. The second kappa shape index (κ2) is 8.05. The van der Waals surface area contributed by atoms with Gasteiger partial charge in [0.25, 0.3) is 11.5 Å². The summed E-state index contributed by atoms with van der Waals surface area (Å²) >= 11 is 0. The van der Waals surface area contributed by atoms with Crippen LogP contribution < -0.4 is 10.9 Å². The van der Waals surface area contributed by atoms with Crippen molar-refractivity contribution in [2.24, 2.45) is 0 Å². The molecule has 0 fully saturated rings. The maximum atomic E-state index is 14.1. The van der Waals surface area contributed by atoms with E-state index in [1.165, 1.54) is 6.92 Å². The molecular weight excluding hydrogens is 409 g/mol. The fourth-order valence-corrected chi connectivity index (χ4v) is 2.77. The number of amides is 1. The van der Waals surface area contributed by atoms with Crippen molar-refractivity contribution in [2.45, 2.75) is 19.1 Å². The van der Waals surface area contributed by atoms with Crippen LogP contribution in [0.4, 0.5) is 22.0 Å². The number of nitrogens with one attached hydrogen (secondary N) is 2. The first-order chi connectivity index (χ1) is 14.1. The van der Waals surface area contributed by atoms with Gasteiger partial charge in [0, 0.05) is 17.2 Å². The number of hydrogen-bond donors (Lipinski definition) is 2. The van der Waals surface area contributed by atoms with E-state index in [1.807, 2.05) is 0 Å². The summed E-state index contributed by atoms with van der Waals surface area (Å²) in [6, 6.07) is 9.32. The fraction of sp³-hybridized carbons (Fsp3) is 0.150. The summed E-state index contributed by atoms with van der Waals surface area (Å²) in [6.07, 6.45) is -5.06. The summed E-state index contributed by atoms with van der Waals surface area (Å²) in [6.45, 7) is 1.26. The molecule has 0 spiro atoms. The van der Waals surface area contributed by atoms with Crippen LogP contribution in [0.3, 0.4) is 0 Å². The molecule has 1 amide bonds. The zero-order valence-electron chi connectivity index (χ0n) is 15.3. The van der Waals surface area contributed by atoms with Crippen molar-refractivity contribution >= 4 is 5.91 Å². The highest BCUT2D eigenvalue weighted by Gasteiger charge is 2.36. The number of halogens is 5. The van der Waals surface area contributed by atoms with Gasteiger partial charge in [-0.25, -0.2) is 13.8 Å². The molecule has 1 aromatic heterocycles. The average molecular weight is 423 g/mol. The molecule has 10 heteroatoms. The minimum atomic E-state index is -5.06. The number of carbonyl (C=O) groups excluding carboxylic acids is 1. The Labute approximate surface area is 166 Å². The zero-order valence-corrected chi connectivity index (χ0v) is 15.3. The van der Waals surface area contributed by atoms with Gasteiger partial charge in [0.1, 0.15) is 11.5 Å². The molecule has 0 aliphatic rings. The van der Waals surface area contributed by atoms with Crippen molar-refractivity contribution in [2.75, 3.05) is 0 Å². The lowest BCUT2D eigenvalue weighted by Crippen LogP contribution is -2.30. The number of aromatic nitrogens is 2. The van der Waals surface area contributed by atoms with Gasteiger partial charge in [-0.05, 0) is 13.0 Å². The fourth-order valence-electron chi connectivity index (χ4n) is 2.77. The van der Waals surface area contributed by atoms with E-state index in [2.05, 4.69) is 15.3 Å². The summed E-state index contributed by atoms with van der Waals surface area (Å²) in [5.41, 5.74) is -2.60. The first-order valence-electron chi connectivity index (χ1n) is 8.60. The summed E-state index contributed by atoms with van der Waals surface area (Å²) < 4.78 is 66.0. The Morgan fingerprint density at radius 2 is 1.73 bits per heavy atom. The minimum Gasteiger partial charge on any atom is -0.344 e. The van der Waals surface area contributed by atoms with E-state index in [9.17, 15) is 31.5 Å². The monoisotopic (exact) mass is 423 g/mol. The van der Waals surface area contributed by atoms with Gasteiger partial charge in [0.05, 0.1) is 11.6 Å². The van der Waals surface area contributed by atoms with E-state index >= 15 is 0 Å². The molecule has 1 heterocycles. The highest BCUT2D eigenvalue weighted by Crippen LogP contribution is 2.34. The molecule has 2 aromatic carbocycles. The van der Waals surface area contributed by atoms with Crippen molar-refractivity contribution in [3.8, 4) is 11.4 Å². The highest BCUT2D eigenvalue weighted by molar-refractivity contribution is 5.92. The third-order valence-corrected chi connectivity index (χ3v) is 4.25. The molecule has 0 bridgehead atoms. The number of alkyl halides is 3. The summed E-state index contributed by atoms with van der Waals surface area (Å²) in [5.74, 6) is -4.54. The normalized spacial score (nSPS) is 12.5. The molecular formula is C20H14F5N3O2. The van der Waals surface area contributed by atoms with Crippen LogP contribution in [0.25, 0.3) is 11.4 Å². The van der Waals surface area contributed by atoms with Crippen LogP contribution in [0.15, 0.2) is 53.3 Å². The Hall–Kier alpha value is -3.56. The maximum absolute atomic E-state index is 14.1. The van der Waals surface area contributed by atoms with Gasteiger partial charge >= 0.3 is 6.18 Å². The first kappa shape index (κ1) is 21.2. The lowest BCUT2D eigenvalue weighted by Gasteiger charge is -2.17. The summed E-state index contributed by atoms with van der Waals surface area (Å²) in [7, 11) is 0. The van der Waals surface area contributed by atoms with E-state index in [-0.39, 0.29) is 11.5 Å². The van der Waals surface area contributed by atoms with E-state index in [0.717, 1.165) is 12.1 Å².